The number of carboxylic acid groups (broad SMARTS) is 1. The minimum Gasteiger partial charge on any atom is -0.478 e. The number of ether oxygens (including phenoxy) is 4. The molecule has 4 aliphatic rings. The van der Waals surface area contributed by atoms with Gasteiger partial charge >= 0.3 is 5.97 Å². The van der Waals surface area contributed by atoms with Crippen LogP contribution >= 0.6 is 93.1 Å². The summed E-state index contributed by atoms with van der Waals surface area (Å²) in [7, 11) is 0. The molecule has 0 unspecified atom stereocenters. The Bertz CT molecular complexity index is 4340. The van der Waals surface area contributed by atoms with Gasteiger partial charge in [0.1, 0.15) is 0 Å². The van der Waals surface area contributed by atoms with Crippen LogP contribution in [0.2, 0.25) is 0 Å². The second-order valence-corrected chi connectivity index (χ2v) is 29.6. The van der Waals surface area contributed by atoms with Crippen LogP contribution in [0.4, 0.5) is 11.4 Å². The second kappa shape index (κ2) is 37.7. The number of nitrogens with one attached hydrogen (secondary N) is 2. The molecule has 0 atom stereocenters. The van der Waals surface area contributed by atoms with Gasteiger partial charge in [0, 0.05) is 129 Å². The van der Waals surface area contributed by atoms with Crippen molar-refractivity contribution in [2.75, 3.05) is 116 Å². The maximum atomic E-state index is 12.8. The highest BCUT2D eigenvalue weighted by molar-refractivity contribution is 9.10. The van der Waals surface area contributed by atoms with E-state index in [1.54, 1.807) is 55.8 Å². The molecule has 512 valence electrons. The van der Waals surface area contributed by atoms with E-state index in [0.717, 1.165) is 162 Å². The quantitative estimate of drug-likeness (QED) is 0.0595. The normalized spacial score (nSPS) is 15.1. The molecule has 4 aliphatic heterocycles. The van der Waals surface area contributed by atoms with Crippen molar-refractivity contribution in [3.63, 3.8) is 0 Å². The Balaban J connectivity index is 0.000000126. The molecule has 0 bridgehead atoms. The second-order valence-electron chi connectivity index (χ2n) is 23.5. The minimum absolute atomic E-state index is 0.149. The molecule has 5 N–H and O–H groups in total. The third-order valence-corrected chi connectivity index (χ3v) is 22.1. The number of hydrogen-bond acceptors (Lipinski definition) is 17. The van der Waals surface area contributed by atoms with Gasteiger partial charge in [-0.1, -0.05) is 108 Å². The number of rotatable bonds is 14. The summed E-state index contributed by atoms with van der Waals surface area (Å²) in [4.78, 5) is 30.7. The fourth-order valence-corrected chi connectivity index (χ4v) is 16.4. The Labute approximate surface area is 612 Å². The van der Waals surface area contributed by atoms with Crippen molar-refractivity contribution in [1.82, 2.24) is 39.6 Å². The molecule has 6 aromatic carbocycles. The number of amides is 1. The summed E-state index contributed by atoms with van der Waals surface area (Å²) in [6, 6.07) is 45.1. The lowest BCUT2D eigenvalue weighted by Crippen LogP contribution is -2.35. The van der Waals surface area contributed by atoms with Crippen molar-refractivity contribution in [1.29, 1.82) is 0 Å². The van der Waals surface area contributed by atoms with E-state index in [-0.39, 0.29) is 11.5 Å². The first-order valence-corrected chi connectivity index (χ1v) is 38.7. The lowest BCUT2D eigenvalue weighted by molar-refractivity contribution is 0.0343. The molecule has 0 radical (unpaired) electrons. The van der Waals surface area contributed by atoms with E-state index in [2.05, 4.69) is 166 Å². The molecule has 12 aromatic rings. The van der Waals surface area contributed by atoms with Crippen LogP contribution in [0, 0.1) is 0 Å². The minimum atomic E-state index is -0.950. The highest BCUT2D eigenvalue weighted by Gasteiger charge is 2.18. The van der Waals surface area contributed by atoms with Gasteiger partial charge in [-0.2, -0.15) is 10.2 Å². The number of nitrogens with zero attached hydrogens (tertiary/aromatic N) is 7. The van der Waals surface area contributed by atoms with E-state index >= 15 is 0 Å². The number of alkyl halides is 1. The number of morpholine rings is 4. The Hall–Kier alpha value is -6.56. The Morgan fingerprint density at radius 2 is 0.888 bits per heavy atom. The number of benzene rings is 6. The maximum Gasteiger partial charge on any atom is 0.338 e. The van der Waals surface area contributed by atoms with Crippen molar-refractivity contribution in [3.8, 4) is 0 Å². The van der Waals surface area contributed by atoms with Crippen LogP contribution in [0.1, 0.15) is 54.1 Å². The zero-order valence-electron chi connectivity index (χ0n) is 54.2. The fraction of sp³-hybridized carbons (Fsp3) is 0.297. The number of anilines is 2. The highest BCUT2D eigenvalue weighted by atomic mass is 79.9. The monoisotopic (exact) mass is 1580 g/mol. The average molecular weight is 1590 g/mol. The first-order chi connectivity index (χ1) is 48.0. The van der Waals surface area contributed by atoms with Gasteiger partial charge in [-0.3, -0.25) is 28.9 Å². The lowest BCUT2D eigenvalue weighted by atomic mass is 10.1. The number of nitrogen functional groups attached to an aromatic ring is 1. The molecule has 6 aromatic heterocycles. The summed E-state index contributed by atoms with van der Waals surface area (Å²) in [5.74, 6) is -1.10. The van der Waals surface area contributed by atoms with Crippen molar-refractivity contribution >= 4 is 157 Å². The van der Waals surface area contributed by atoms with E-state index in [1.165, 1.54) is 75.0 Å². The fourth-order valence-electron chi connectivity index (χ4n) is 11.2. The number of carbonyl (C=O) groups is 2. The summed E-state index contributed by atoms with van der Waals surface area (Å²) in [5, 5.41) is 38.3. The Kier molecular flexibility index (Phi) is 28.0. The third kappa shape index (κ3) is 21.7. The first kappa shape index (κ1) is 72.7. The van der Waals surface area contributed by atoms with Gasteiger partial charge in [0.05, 0.1) is 89.5 Å². The predicted octanol–water partition coefficient (Wildman–Crippen LogP) is 15.8. The smallest absolute Gasteiger partial charge is 0.338 e. The summed E-state index contributed by atoms with van der Waals surface area (Å²) < 4.78 is 32.2. The van der Waals surface area contributed by atoms with Crippen molar-refractivity contribution in [3.05, 3.63) is 233 Å². The lowest BCUT2D eigenvalue weighted by Gasteiger charge is -2.26. The van der Waals surface area contributed by atoms with Crippen LogP contribution in [0.3, 0.4) is 0 Å². The predicted molar refractivity (Wildman–Crippen MR) is 412 cm³/mol. The van der Waals surface area contributed by atoms with Crippen LogP contribution < -0.4 is 16.4 Å². The summed E-state index contributed by atoms with van der Waals surface area (Å²) in [6.07, 6.45) is 6.28. The average Bonchev–Trinajstić information content (AvgIpc) is 1.69. The summed E-state index contributed by atoms with van der Waals surface area (Å²) in [5.41, 5.74) is 16.0. The number of halogens is 3. The van der Waals surface area contributed by atoms with Gasteiger partial charge in [-0.25, -0.2) is 4.79 Å². The Morgan fingerprint density at radius 1 is 0.490 bits per heavy atom. The molecule has 98 heavy (non-hydrogen) atoms. The SMILES string of the molecule is BrCc1csc2ccc(Br)cc12.Brc1ccc2scc(CN3CCOCC3)c2c1.C1COCCN1.Nc1ccc2scc(CN3CCOCC3)c2c1.O=C(Nc1ccc2scc(CN3CCOCC3)c2c1)c1cnn(Cc2ccccc2)c1.O=C(O)c1cnn(Cc2ccccc2)c1. The molecule has 10 heterocycles. The third-order valence-electron chi connectivity index (χ3n) is 16.5. The summed E-state index contributed by atoms with van der Waals surface area (Å²) >= 11 is 17.7. The molecule has 0 spiro atoms. The zero-order valence-corrected chi connectivity index (χ0v) is 62.3. The van der Waals surface area contributed by atoms with Crippen LogP contribution in [0.15, 0.2) is 189 Å². The zero-order chi connectivity index (χ0) is 67.8. The van der Waals surface area contributed by atoms with Gasteiger partial charge in [-0.15, -0.1) is 45.3 Å². The van der Waals surface area contributed by atoms with E-state index in [1.807, 2.05) is 84.1 Å². The van der Waals surface area contributed by atoms with Gasteiger partial charge in [0.25, 0.3) is 5.91 Å². The molecule has 0 aliphatic carbocycles. The van der Waals surface area contributed by atoms with Crippen LogP contribution in [-0.4, -0.2) is 156 Å². The topological polar surface area (TPSA) is 187 Å². The largest absolute Gasteiger partial charge is 0.478 e. The first-order valence-electron chi connectivity index (χ1n) is 32.5. The van der Waals surface area contributed by atoms with Gasteiger partial charge in [-0.05, 0) is 149 Å². The van der Waals surface area contributed by atoms with Crippen LogP contribution in [-0.2, 0) is 57.0 Å². The van der Waals surface area contributed by atoms with E-state index in [0.29, 0.717) is 18.7 Å². The number of carbonyl (C=O) groups excluding carboxylic acids is 1. The molecular weight excluding hydrogens is 1510 g/mol. The summed E-state index contributed by atoms with van der Waals surface area (Å²) in [6.45, 7) is 19.1. The number of hydrogen-bond donors (Lipinski definition) is 4. The standard InChI is InChI=1S/C24H24N4O2S.C13H14BrNOS.C13H16N2OS.C11H10N2O2.C9H6Br2S.C4H9NO/c29-24(19-13-25-28(16-19)14-18-4-2-1-3-5-18)26-21-6-7-23-22(12-21)20(17-31-23)15-27-8-10-30-11-9-27;2*14-11-1-2-13-12(7-11)10(9-17-13)8-15-3-5-16-6-4-15;14-11(15)10-6-12-13(8-10)7-9-4-2-1-3-5-9;10-4-6-5-12-9-2-1-7(11)3-8(6)9;1-3-6-4-2-5-1/h1-7,12-13,16-17H,8-11,14-15H2,(H,26,29);1-2,7,9H,3-6,8H2;1-2,7,9H,3-6,8,14H2;1-6,8H,7H2,(H,14,15);1-3,5H,4H2;5H,1-4H2. The van der Waals surface area contributed by atoms with E-state index in [4.69, 9.17) is 29.8 Å². The van der Waals surface area contributed by atoms with Gasteiger partial charge in [0.2, 0.25) is 0 Å². The maximum absolute atomic E-state index is 12.8. The molecule has 16 rings (SSSR count). The van der Waals surface area contributed by atoms with Crippen LogP contribution in [0.25, 0.3) is 40.3 Å². The van der Waals surface area contributed by atoms with E-state index < -0.39 is 5.97 Å². The number of nitrogens with two attached hydrogens (primary N) is 1. The van der Waals surface area contributed by atoms with Crippen LogP contribution in [0.5, 0.6) is 0 Å². The molecule has 1 amide bonds. The number of fused-ring (bicyclic) bond motifs is 4. The van der Waals surface area contributed by atoms with Crippen molar-refractivity contribution < 1.29 is 33.6 Å². The molecule has 4 fully saturated rings. The van der Waals surface area contributed by atoms with Crippen molar-refractivity contribution in [2.45, 2.75) is 38.1 Å². The molecule has 4 saturated heterocycles. The number of aromatic carboxylic acids is 1. The van der Waals surface area contributed by atoms with Gasteiger partial charge in [0.15, 0.2) is 0 Å². The molecule has 17 nitrogen and oxygen atoms in total. The molecular formula is C74H79Br3N10O7S4. The highest BCUT2D eigenvalue weighted by Crippen LogP contribution is 2.34. The molecule has 0 saturated carbocycles. The Morgan fingerprint density at radius 3 is 1.32 bits per heavy atom. The number of aromatic nitrogens is 4. The van der Waals surface area contributed by atoms with E-state index in [9.17, 15) is 9.59 Å². The number of thiophene rings is 4. The van der Waals surface area contributed by atoms with Gasteiger partial charge < -0.3 is 40.4 Å². The molecule has 24 heteroatoms. The number of carboxylic acids is 1. The van der Waals surface area contributed by atoms with Crippen molar-refractivity contribution in [2.24, 2.45) is 0 Å².